The molecule has 1 aliphatic heterocycles. The van der Waals surface area contributed by atoms with Crippen LogP contribution in [0.25, 0.3) is 22.8 Å². The van der Waals surface area contributed by atoms with Gasteiger partial charge in [0.15, 0.2) is 0 Å². The molecule has 0 amide bonds. The van der Waals surface area contributed by atoms with Gasteiger partial charge in [-0.05, 0) is 25.8 Å². The zero-order valence-corrected chi connectivity index (χ0v) is 13.6. The molecule has 0 saturated carbocycles. The van der Waals surface area contributed by atoms with E-state index in [0.29, 0.717) is 17.6 Å². The molecule has 24 heavy (non-hydrogen) atoms. The van der Waals surface area contributed by atoms with Crippen LogP contribution in [-0.2, 0) is 6.42 Å². The van der Waals surface area contributed by atoms with Crippen molar-refractivity contribution >= 4 is 0 Å². The molecule has 6 nitrogen and oxygen atoms in total. The monoisotopic (exact) mass is 325 g/mol. The van der Waals surface area contributed by atoms with Crippen molar-refractivity contribution in [2.24, 2.45) is 0 Å². The van der Waals surface area contributed by atoms with E-state index in [4.69, 9.17) is 14.4 Å². The first-order chi connectivity index (χ1) is 11.8. The van der Waals surface area contributed by atoms with Crippen molar-refractivity contribution < 1.29 is 14.4 Å². The van der Waals surface area contributed by atoms with Crippen LogP contribution in [0, 0.1) is 0 Å². The quantitative estimate of drug-likeness (QED) is 0.779. The number of rotatable bonds is 2. The van der Waals surface area contributed by atoms with E-state index in [1.807, 2.05) is 36.4 Å². The molecule has 124 valence electrons. The molecule has 0 spiro atoms. The van der Waals surface area contributed by atoms with Gasteiger partial charge in [-0.1, -0.05) is 35.5 Å². The Morgan fingerprint density at radius 2 is 1.92 bits per heavy atom. The van der Waals surface area contributed by atoms with Crippen LogP contribution in [0.3, 0.4) is 0 Å². The van der Waals surface area contributed by atoms with Crippen molar-refractivity contribution in [2.45, 2.75) is 25.9 Å². The van der Waals surface area contributed by atoms with Gasteiger partial charge >= 0.3 is 0 Å². The number of aliphatic hydroxyl groups excluding tert-OH is 1. The number of ether oxygens (including phenoxy) is 1. The highest BCUT2D eigenvalue weighted by molar-refractivity contribution is 5.60. The summed E-state index contributed by atoms with van der Waals surface area (Å²) in [5.74, 6) is 1.77. The van der Waals surface area contributed by atoms with E-state index in [1.54, 1.807) is 6.20 Å². The van der Waals surface area contributed by atoms with Gasteiger partial charge in [-0.3, -0.25) is 0 Å². The maximum Gasteiger partial charge on any atom is 0.259 e. The highest BCUT2D eigenvalue weighted by Crippen LogP contribution is 2.29. The first-order valence-electron chi connectivity index (χ1n) is 7.79. The zero-order valence-electron chi connectivity index (χ0n) is 13.6. The maximum atomic E-state index is 7.00. The molecule has 0 aliphatic carbocycles. The Kier molecular flexibility index (Phi) is 4.86. The van der Waals surface area contributed by atoms with E-state index in [-0.39, 0.29) is 6.10 Å². The summed E-state index contributed by atoms with van der Waals surface area (Å²) < 4.78 is 11.1. The molecule has 3 heterocycles. The third-order valence-electron chi connectivity index (χ3n) is 3.76. The summed E-state index contributed by atoms with van der Waals surface area (Å²) in [5, 5.41) is 11.0. The number of hydrogen-bond acceptors (Lipinski definition) is 6. The summed E-state index contributed by atoms with van der Waals surface area (Å²) in [6, 6.07) is 11.8. The number of fused-ring (bicyclic) bond motifs is 1. The molecular formula is C18H19N3O3. The lowest BCUT2D eigenvalue weighted by molar-refractivity contribution is 0.183. The number of aryl methyl sites for hydroxylation is 1. The molecular weight excluding hydrogens is 306 g/mol. The Balaban J connectivity index is 0.000000815. The topological polar surface area (TPSA) is 81.3 Å². The predicted octanol–water partition coefficient (Wildman–Crippen LogP) is 3.12. The van der Waals surface area contributed by atoms with E-state index < -0.39 is 0 Å². The zero-order chi connectivity index (χ0) is 16.9. The SMILES string of the molecule is CC1CCc2cc(-c3nc(-c4ccccc4)no3)cnc2O1.CO. The second-order valence-corrected chi connectivity index (χ2v) is 5.44. The second-order valence-electron chi connectivity index (χ2n) is 5.44. The van der Waals surface area contributed by atoms with Gasteiger partial charge in [0.05, 0.1) is 11.7 Å². The fourth-order valence-corrected chi connectivity index (χ4v) is 2.55. The minimum absolute atomic E-state index is 0.221. The summed E-state index contributed by atoms with van der Waals surface area (Å²) in [5.41, 5.74) is 2.85. The third-order valence-corrected chi connectivity index (χ3v) is 3.76. The minimum atomic E-state index is 0.221. The molecule has 2 aromatic heterocycles. The Hall–Kier alpha value is -2.73. The molecule has 0 saturated heterocycles. The number of aliphatic hydroxyl groups is 1. The van der Waals surface area contributed by atoms with Crippen LogP contribution in [0.15, 0.2) is 47.1 Å². The van der Waals surface area contributed by atoms with Crippen molar-refractivity contribution in [3.8, 4) is 28.7 Å². The second kappa shape index (κ2) is 7.23. The normalized spacial score (nSPS) is 15.7. The highest BCUT2D eigenvalue weighted by Gasteiger charge is 2.19. The Labute approximate surface area is 140 Å². The van der Waals surface area contributed by atoms with Gasteiger partial charge in [-0.2, -0.15) is 4.98 Å². The number of pyridine rings is 1. The lowest BCUT2D eigenvalue weighted by atomic mass is 10.0. The van der Waals surface area contributed by atoms with E-state index in [0.717, 1.165) is 36.6 Å². The summed E-state index contributed by atoms with van der Waals surface area (Å²) in [7, 11) is 1.00. The number of hydrogen-bond donors (Lipinski definition) is 1. The smallest absolute Gasteiger partial charge is 0.259 e. The number of benzene rings is 1. The van der Waals surface area contributed by atoms with Crippen molar-refractivity contribution in [2.75, 3.05) is 7.11 Å². The number of nitrogens with zero attached hydrogens (tertiary/aromatic N) is 3. The first-order valence-corrected chi connectivity index (χ1v) is 7.79. The lowest BCUT2D eigenvalue weighted by Gasteiger charge is -2.21. The summed E-state index contributed by atoms with van der Waals surface area (Å²) in [6.45, 7) is 2.06. The van der Waals surface area contributed by atoms with E-state index in [9.17, 15) is 0 Å². The van der Waals surface area contributed by atoms with Crippen LogP contribution in [0.2, 0.25) is 0 Å². The molecule has 0 radical (unpaired) electrons. The molecule has 6 heteroatoms. The molecule has 1 N–H and O–H groups in total. The molecule has 0 fully saturated rings. The van der Waals surface area contributed by atoms with Crippen LogP contribution >= 0.6 is 0 Å². The molecule has 1 atom stereocenters. The van der Waals surface area contributed by atoms with Crippen LogP contribution < -0.4 is 4.74 Å². The Bertz CT molecular complexity index is 802. The molecule has 1 aliphatic rings. The minimum Gasteiger partial charge on any atom is -0.474 e. The Morgan fingerprint density at radius 1 is 1.12 bits per heavy atom. The van der Waals surface area contributed by atoms with Crippen molar-refractivity contribution in [1.82, 2.24) is 15.1 Å². The van der Waals surface area contributed by atoms with Gasteiger partial charge in [0.1, 0.15) is 0 Å². The van der Waals surface area contributed by atoms with Crippen molar-refractivity contribution in [3.63, 3.8) is 0 Å². The van der Waals surface area contributed by atoms with Gasteiger partial charge in [-0.25, -0.2) is 4.98 Å². The van der Waals surface area contributed by atoms with Gasteiger partial charge in [0, 0.05) is 24.4 Å². The predicted molar refractivity (Wildman–Crippen MR) is 89.5 cm³/mol. The van der Waals surface area contributed by atoms with Crippen LogP contribution in [-0.4, -0.2) is 33.4 Å². The van der Waals surface area contributed by atoms with Crippen LogP contribution in [0.1, 0.15) is 18.9 Å². The third kappa shape index (κ3) is 3.28. The van der Waals surface area contributed by atoms with E-state index >= 15 is 0 Å². The largest absolute Gasteiger partial charge is 0.474 e. The maximum absolute atomic E-state index is 7.00. The molecule has 1 aromatic carbocycles. The molecule has 0 bridgehead atoms. The lowest BCUT2D eigenvalue weighted by Crippen LogP contribution is -2.19. The highest BCUT2D eigenvalue weighted by atomic mass is 16.5. The molecule has 4 rings (SSSR count). The van der Waals surface area contributed by atoms with Crippen molar-refractivity contribution in [3.05, 3.63) is 48.2 Å². The van der Waals surface area contributed by atoms with Gasteiger partial charge < -0.3 is 14.4 Å². The molecule has 1 unspecified atom stereocenters. The summed E-state index contributed by atoms with van der Waals surface area (Å²) in [4.78, 5) is 8.83. The van der Waals surface area contributed by atoms with Crippen LogP contribution in [0.5, 0.6) is 5.88 Å². The van der Waals surface area contributed by atoms with E-state index in [2.05, 4.69) is 22.0 Å². The fraction of sp³-hybridized carbons (Fsp3) is 0.278. The standard InChI is InChI=1S/C17H15N3O2.CH4O/c1-11-7-8-13-9-14(10-18-16(13)21-11)17-19-15(20-22-17)12-5-3-2-4-6-12;1-2/h2-6,9-11H,7-8H2,1H3;2H,1H3. The van der Waals surface area contributed by atoms with Gasteiger partial charge in [-0.15, -0.1) is 0 Å². The van der Waals surface area contributed by atoms with Crippen LogP contribution in [0.4, 0.5) is 0 Å². The molecule has 3 aromatic rings. The summed E-state index contributed by atoms with van der Waals surface area (Å²) >= 11 is 0. The average Bonchev–Trinajstić information content (AvgIpc) is 3.14. The Morgan fingerprint density at radius 3 is 2.71 bits per heavy atom. The number of aromatic nitrogens is 3. The van der Waals surface area contributed by atoms with E-state index in [1.165, 1.54) is 0 Å². The van der Waals surface area contributed by atoms with Crippen molar-refractivity contribution in [1.29, 1.82) is 0 Å². The fourth-order valence-electron chi connectivity index (χ4n) is 2.55. The van der Waals surface area contributed by atoms with Gasteiger partial charge in [0.25, 0.3) is 5.89 Å². The van der Waals surface area contributed by atoms with Gasteiger partial charge in [0.2, 0.25) is 11.7 Å². The first kappa shape index (κ1) is 16.1. The summed E-state index contributed by atoms with van der Waals surface area (Å²) in [6.07, 6.45) is 3.90. The average molecular weight is 325 g/mol.